The number of benzene rings is 1. The Morgan fingerprint density at radius 1 is 1.31 bits per heavy atom. The third-order valence-electron chi connectivity index (χ3n) is 1.78. The van der Waals surface area contributed by atoms with E-state index in [-0.39, 0.29) is 6.54 Å². The topological polar surface area (TPSA) is 46.2 Å². The van der Waals surface area contributed by atoms with Gasteiger partial charge in [0, 0.05) is 6.54 Å². The summed E-state index contributed by atoms with van der Waals surface area (Å²) in [6, 6.07) is 5.01. The minimum absolute atomic E-state index is 0.251. The predicted octanol–water partition coefficient (Wildman–Crippen LogP) is 1.16. The molecule has 2 nitrogen and oxygen atoms in total. The number of nitrogens with two attached hydrogens (primary N) is 1. The lowest BCUT2D eigenvalue weighted by atomic mass is 10.1. The Bertz CT molecular complexity index is 263. The molecule has 0 saturated heterocycles. The van der Waals surface area contributed by atoms with Crippen molar-refractivity contribution in [1.29, 1.82) is 0 Å². The summed E-state index contributed by atoms with van der Waals surface area (Å²) in [5.41, 5.74) is 5.36. The molecule has 0 radical (unpaired) electrons. The van der Waals surface area contributed by atoms with Crippen LogP contribution >= 0.6 is 0 Å². The third-order valence-corrected chi connectivity index (χ3v) is 1.78. The highest BCUT2D eigenvalue weighted by Gasteiger charge is 2.18. The van der Waals surface area contributed by atoms with E-state index in [2.05, 4.69) is 0 Å². The van der Waals surface area contributed by atoms with Crippen molar-refractivity contribution in [3.63, 3.8) is 0 Å². The first-order valence-electron chi connectivity index (χ1n) is 3.93. The van der Waals surface area contributed by atoms with E-state index in [0.29, 0.717) is 5.56 Å². The van der Waals surface area contributed by atoms with Crippen LogP contribution in [0.2, 0.25) is 0 Å². The summed E-state index contributed by atoms with van der Waals surface area (Å²) in [5, 5.41) is 9.30. The lowest BCUT2D eigenvalue weighted by Crippen LogP contribution is -2.23. The van der Waals surface area contributed by atoms with Crippen molar-refractivity contribution < 1.29 is 13.9 Å². The van der Waals surface area contributed by atoms with E-state index >= 15 is 0 Å². The molecule has 0 aliphatic carbocycles. The van der Waals surface area contributed by atoms with Crippen LogP contribution in [0.1, 0.15) is 11.7 Å². The molecule has 1 rings (SSSR count). The fraction of sp³-hybridized carbons (Fsp3) is 0.333. The van der Waals surface area contributed by atoms with Crippen LogP contribution in [0.25, 0.3) is 0 Å². The minimum atomic E-state index is -1.51. The maximum absolute atomic E-state index is 12.8. The van der Waals surface area contributed by atoms with Gasteiger partial charge in [-0.25, -0.2) is 8.78 Å². The van der Waals surface area contributed by atoms with Crippen molar-refractivity contribution >= 4 is 0 Å². The molecule has 0 aliphatic rings. The van der Waals surface area contributed by atoms with Gasteiger partial charge in [0.1, 0.15) is 18.1 Å². The number of aliphatic hydroxyl groups excluding tert-OH is 1. The van der Waals surface area contributed by atoms with E-state index in [1.54, 1.807) is 0 Å². The van der Waals surface area contributed by atoms with Gasteiger partial charge in [0.25, 0.3) is 0 Å². The highest BCUT2D eigenvalue weighted by molar-refractivity contribution is 5.19. The van der Waals surface area contributed by atoms with Gasteiger partial charge in [-0.1, -0.05) is 12.1 Å². The molecule has 0 spiro atoms. The smallest absolute Gasteiger partial charge is 0.142 e. The summed E-state index contributed by atoms with van der Waals surface area (Å²) in [6.45, 7) is -0.251. The van der Waals surface area contributed by atoms with Crippen LogP contribution in [-0.4, -0.2) is 17.8 Å². The van der Waals surface area contributed by atoms with E-state index in [1.165, 1.54) is 24.3 Å². The molecule has 2 atom stereocenters. The predicted molar refractivity (Wildman–Crippen MR) is 45.3 cm³/mol. The molecule has 1 aromatic carbocycles. The van der Waals surface area contributed by atoms with Crippen molar-refractivity contribution in [3.8, 4) is 0 Å². The normalized spacial score (nSPS) is 15.4. The summed E-state index contributed by atoms with van der Waals surface area (Å²) in [6.07, 6.45) is -2.78. The molecule has 0 aliphatic heterocycles. The number of hydrogen-bond acceptors (Lipinski definition) is 2. The van der Waals surface area contributed by atoms with Crippen LogP contribution in [0.5, 0.6) is 0 Å². The van der Waals surface area contributed by atoms with Gasteiger partial charge in [0.05, 0.1) is 0 Å². The Balaban J connectivity index is 2.77. The summed E-state index contributed by atoms with van der Waals surface area (Å²) >= 11 is 0. The maximum Gasteiger partial charge on any atom is 0.142 e. The molecule has 4 heteroatoms. The SMILES string of the molecule is NC[C@H](F)[C@@H](O)c1ccc(F)cc1. The fourth-order valence-corrected chi connectivity index (χ4v) is 0.998. The Kier molecular flexibility index (Phi) is 3.33. The minimum Gasteiger partial charge on any atom is -0.385 e. The third kappa shape index (κ3) is 2.47. The lowest BCUT2D eigenvalue weighted by Gasteiger charge is -2.13. The summed E-state index contributed by atoms with van der Waals surface area (Å²) < 4.78 is 25.3. The van der Waals surface area contributed by atoms with Crippen LogP contribution in [0.15, 0.2) is 24.3 Å². The van der Waals surface area contributed by atoms with Gasteiger partial charge in [-0.3, -0.25) is 0 Å². The molecule has 0 saturated carbocycles. The molecule has 0 heterocycles. The molecular weight excluding hydrogens is 176 g/mol. The van der Waals surface area contributed by atoms with Gasteiger partial charge in [-0.15, -0.1) is 0 Å². The van der Waals surface area contributed by atoms with Gasteiger partial charge >= 0.3 is 0 Å². The van der Waals surface area contributed by atoms with E-state index < -0.39 is 18.1 Å². The van der Waals surface area contributed by atoms with E-state index in [4.69, 9.17) is 5.73 Å². The quantitative estimate of drug-likeness (QED) is 0.745. The first-order valence-corrected chi connectivity index (χ1v) is 3.93. The summed E-state index contributed by atoms with van der Waals surface area (Å²) in [5.74, 6) is -0.417. The fourth-order valence-electron chi connectivity index (χ4n) is 0.998. The van der Waals surface area contributed by atoms with Crippen LogP contribution in [0.3, 0.4) is 0 Å². The van der Waals surface area contributed by atoms with Crippen molar-refractivity contribution in [2.24, 2.45) is 5.73 Å². The number of alkyl halides is 1. The van der Waals surface area contributed by atoms with Crippen LogP contribution in [0.4, 0.5) is 8.78 Å². The Labute approximate surface area is 75.0 Å². The second kappa shape index (κ2) is 4.30. The zero-order valence-electron chi connectivity index (χ0n) is 6.95. The zero-order valence-corrected chi connectivity index (χ0v) is 6.95. The second-order valence-electron chi connectivity index (χ2n) is 2.75. The van der Waals surface area contributed by atoms with E-state index in [0.717, 1.165) is 0 Å². The zero-order chi connectivity index (χ0) is 9.84. The Morgan fingerprint density at radius 2 is 1.85 bits per heavy atom. The highest BCUT2D eigenvalue weighted by Crippen LogP contribution is 2.18. The molecule has 0 amide bonds. The number of rotatable bonds is 3. The standard InChI is InChI=1S/C9H11F2NO/c10-7-3-1-6(2-4-7)9(13)8(11)5-12/h1-4,8-9,13H,5,12H2/t8-,9-/m0/s1. The molecule has 0 bridgehead atoms. The number of aliphatic hydroxyl groups is 1. The molecule has 13 heavy (non-hydrogen) atoms. The molecule has 0 aromatic heterocycles. The molecule has 1 aromatic rings. The highest BCUT2D eigenvalue weighted by atomic mass is 19.1. The number of halogens is 2. The van der Waals surface area contributed by atoms with Crippen molar-refractivity contribution in [1.82, 2.24) is 0 Å². The number of hydrogen-bond donors (Lipinski definition) is 2. The van der Waals surface area contributed by atoms with E-state index in [1.807, 2.05) is 0 Å². The molecule has 0 unspecified atom stereocenters. The average molecular weight is 187 g/mol. The molecule has 0 fully saturated rings. The van der Waals surface area contributed by atoms with Crippen LogP contribution < -0.4 is 5.73 Å². The second-order valence-corrected chi connectivity index (χ2v) is 2.75. The van der Waals surface area contributed by atoms with Gasteiger partial charge < -0.3 is 10.8 Å². The molecule has 3 N–H and O–H groups in total. The van der Waals surface area contributed by atoms with Crippen molar-refractivity contribution in [2.75, 3.05) is 6.54 Å². The maximum atomic E-state index is 12.8. The van der Waals surface area contributed by atoms with E-state index in [9.17, 15) is 13.9 Å². The van der Waals surface area contributed by atoms with Crippen LogP contribution in [0, 0.1) is 5.82 Å². The summed E-state index contributed by atoms with van der Waals surface area (Å²) in [7, 11) is 0. The van der Waals surface area contributed by atoms with Crippen molar-refractivity contribution in [3.05, 3.63) is 35.6 Å². The molecular formula is C9H11F2NO. The van der Waals surface area contributed by atoms with Gasteiger partial charge in [0.2, 0.25) is 0 Å². The average Bonchev–Trinajstić information content (AvgIpc) is 2.17. The first-order chi connectivity index (χ1) is 6.15. The largest absolute Gasteiger partial charge is 0.385 e. The van der Waals surface area contributed by atoms with Gasteiger partial charge in [-0.2, -0.15) is 0 Å². The summed E-state index contributed by atoms with van der Waals surface area (Å²) in [4.78, 5) is 0. The first kappa shape index (κ1) is 10.1. The lowest BCUT2D eigenvalue weighted by molar-refractivity contribution is 0.0824. The Hall–Kier alpha value is -1.00. The van der Waals surface area contributed by atoms with Crippen LogP contribution in [-0.2, 0) is 0 Å². The van der Waals surface area contributed by atoms with Gasteiger partial charge in [0.15, 0.2) is 0 Å². The molecule has 72 valence electrons. The Morgan fingerprint density at radius 3 is 2.31 bits per heavy atom. The monoisotopic (exact) mass is 187 g/mol. The van der Waals surface area contributed by atoms with Gasteiger partial charge in [-0.05, 0) is 17.7 Å². The van der Waals surface area contributed by atoms with Crippen molar-refractivity contribution in [2.45, 2.75) is 12.3 Å².